The monoisotopic (exact) mass is 254 g/mol. The molecule has 3 rings (SSSR count). The van der Waals surface area contributed by atoms with E-state index in [0.29, 0.717) is 0 Å². The SMILES string of the molecule is Cc1ccc2cc(CC3CCNCC3)cnc2c1C. The van der Waals surface area contributed by atoms with E-state index in [4.69, 9.17) is 4.98 Å². The zero-order chi connectivity index (χ0) is 13.2. The van der Waals surface area contributed by atoms with E-state index in [1.807, 2.05) is 0 Å². The summed E-state index contributed by atoms with van der Waals surface area (Å²) in [4.78, 5) is 4.69. The van der Waals surface area contributed by atoms with Crippen LogP contribution in [-0.2, 0) is 6.42 Å². The summed E-state index contributed by atoms with van der Waals surface area (Å²) < 4.78 is 0. The Morgan fingerprint density at radius 3 is 2.79 bits per heavy atom. The van der Waals surface area contributed by atoms with Gasteiger partial charge in [0.05, 0.1) is 5.52 Å². The highest BCUT2D eigenvalue weighted by molar-refractivity contribution is 5.83. The lowest BCUT2D eigenvalue weighted by atomic mass is 9.91. The molecule has 2 heterocycles. The molecule has 0 saturated carbocycles. The summed E-state index contributed by atoms with van der Waals surface area (Å²) in [5.74, 6) is 0.826. The number of nitrogens with zero attached hydrogens (tertiary/aromatic N) is 1. The Morgan fingerprint density at radius 2 is 2.00 bits per heavy atom. The van der Waals surface area contributed by atoms with Crippen molar-refractivity contribution in [3.05, 3.63) is 41.1 Å². The second-order valence-corrected chi connectivity index (χ2v) is 5.82. The predicted molar refractivity (Wildman–Crippen MR) is 80.5 cm³/mol. The van der Waals surface area contributed by atoms with Crippen molar-refractivity contribution >= 4 is 10.9 Å². The van der Waals surface area contributed by atoms with Gasteiger partial charge in [-0.05, 0) is 74.9 Å². The Bertz CT molecular complexity index is 583. The van der Waals surface area contributed by atoms with Gasteiger partial charge in [-0.15, -0.1) is 0 Å². The molecule has 0 bridgehead atoms. The van der Waals surface area contributed by atoms with Crippen molar-refractivity contribution < 1.29 is 0 Å². The van der Waals surface area contributed by atoms with Crippen molar-refractivity contribution in [2.24, 2.45) is 5.92 Å². The first-order chi connectivity index (χ1) is 9.24. The van der Waals surface area contributed by atoms with Crippen LogP contribution < -0.4 is 5.32 Å². The molecule has 2 nitrogen and oxygen atoms in total. The molecule has 1 aliphatic heterocycles. The van der Waals surface area contributed by atoms with Crippen molar-refractivity contribution in [3.8, 4) is 0 Å². The van der Waals surface area contributed by atoms with Gasteiger partial charge in [-0.1, -0.05) is 12.1 Å². The molecule has 0 atom stereocenters. The zero-order valence-electron chi connectivity index (χ0n) is 11.9. The molecule has 1 aromatic heterocycles. The summed E-state index contributed by atoms with van der Waals surface area (Å²) in [6.45, 7) is 6.66. The summed E-state index contributed by atoms with van der Waals surface area (Å²) in [7, 11) is 0. The average molecular weight is 254 g/mol. The summed E-state index contributed by atoms with van der Waals surface area (Å²) in [5.41, 5.74) is 5.19. The number of hydrogen-bond acceptors (Lipinski definition) is 2. The molecule has 100 valence electrons. The number of nitrogens with one attached hydrogen (secondary N) is 1. The lowest BCUT2D eigenvalue weighted by Gasteiger charge is -2.22. The van der Waals surface area contributed by atoms with Crippen LogP contribution in [0.25, 0.3) is 10.9 Å². The third-order valence-corrected chi connectivity index (χ3v) is 4.42. The van der Waals surface area contributed by atoms with Crippen molar-refractivity contribution in [1.29, 1.82) is 0 Å². The maximum atomic E-state index is 4.69. The second kappa shape index (κ2) is 5.30. The first-order valence-corrected chi connectivity index (χ1v) is 7.29. The minimum atomic E-state index is 0.826. The maximum Gasteiger partial charge on any atom is 0.0733 e. The summed E-state index contributed by atoms with van der Waals surface area (Å²) in [6.07, 6.45) is 5.85. The molecule has 0 aliphatic carbocycles. The summed E-state index contributed by atoms with van der Waals surface area (Å²) >= 11 is 0. The topological polar surface area (TPSA) is 24.9 Å². The molecule has 0 spiro atoms. The predicted octanol–water partition coefficient (Wildman–Crippen LogP) is 3.39. The average Bonchev–Trinajstić information content (AvgIpc) is 2.44. The molecule has 1 aliphatic rings. The highest BCUT2D eigenvalue weighted by Crippen LogP contribution is 2.23. The third-order valence-electron chi connectivity index (χ3n) is 4.42. The molecular weight excluding hydrogens is 232 g/mol. The Labute approximate surface area is 115 Å². The smallest absolute Gasteiger partial charge is 0.0733 e. The fourth-order valence-corrected chi connectivity index (χ4v) is 3.03. The van der Waals surface area contributed by atoms with Crippen LogP contribution in [0.5, 0.6) is 0 Å². The number of pyridine rings is 1. The number of piperidine rings is 1. The zero-order valence-corrected chi connectivity index (χ0v) is 11.9. The molecule has 2 aromatic rings. The molecule has 1 fully saturated rings. The van der Waals surface area contributed by atoms with Crippen LogP contribution in [0.2, 0.25) is 0 Å². The van der Waals surface area contributed by atoms with E-state index in [-0.39, 0.29) is 0 Å². The first kappa shape index (κ1) is 12.6. The molecule has 1 aromatic carbocycles. The summed E-state index contributed by atoms with van der Waals surface area (Å²) in [5, 5.41) is 4.71. The second-order valence-electron chi connectivity index (χ2n) is 5.82. The van der Waals surface area contributed by atoms with Gasteiger partial charge < -0.3 is 5.32 Å². The van der Waals surface area contributed by atoms with Gasteiger partial charge in [0.25, 0.3) is 0 Å². The maximum absolute atomic E-state index is 4.69. The van der Waals surface area contributed by atoms with E-state index in [1.165, 1.54) is 54.4 Å². The molecule has 0 unspecified atom stereocenters. The third kappa shape index (κ3) is 2.64. The molecule has 0 amide bonds. The van der Waals surface area contributed by atoms with Gasteiger partial charge in [0.15, 0.2) is 0 Å². The van der Waals surface area contributed by atoms with Gasteiger partial charge in [-0.25, -0.2) is 0 Å². The van der Waals surface area contributed by atoms with Gasteiger partial charge in [0.1, 0.15) is 0 Å². The van der Waals surface area contributed by atoms with Crippen LogP contribution >= 0.6 is 0 Å². The lowest BCUT2D eigenvalue weighted by Crippen LogP contribution is -2.28. The van der Waals surface area contributed by atoms with Gasteiger partial charge in [0.2, 0.25) is 0 Å². The Balaban J connectivity index is 1.87. The van der Waals surface area contributed by atoms with Gasteiger partial charge in [0, 0.05) is 11.6 Å². The highest BCUT2D eigenvalue weighted by Gasteiger charge is 2.14. The van der Waals surface area contributed by atoms with Crippen LogP contribution in [0, 0.1) is 19.8 Å². The Hall–Kier alpha value is -1.41. The number of aromatic nitrogens is 1. The van der Waals surface area contributed by atoms with Gasteiger partial charge in [-0.2, -0.15) is 0 Å². The molecular formula is C17H22N2. The van der Waals surface area contributed by atoms with Crippen LogP contribution in [0.15, 0.2) is 24.4 Å². The number of hydrogen-bond donors (Lipinski definition) is 1. The Morgan fingerprint density at radius 1 is 1.21 bits per heavy atom. The van der Waals surface area contributed by atoms with Crippen LogP contribution in [0.4, 0.5) is 0 Å². The minimum Gasteiger partial charge on any atom is -0.317 e. The number of fused-ring (bicyclic) bond motifs is 1. The van der Waals surface area contributed by atoms with E-state index >= 15 is 0 Å². The molecule has 1 N–H and O–H groups in total. The van der Waals surface area contributed by atoms with Crippen molar-refractivity contribution in [2.45, 2.75) is 33.1 Å². The number of aryl methyl sites for hydroxylation is 2. The van der Waals surface area contributed by atoms with Crippen LogP contribution in [0.1, 0.15) is 29.5 Å². The van der Waals surface area contributed by atoms with Gasteiger partial charge in [-0.3, -0.25) is 4.98 Å². The number of rotatable bonds is 2. The van der Waals surface area contributed by atoms with Crippen molar-refractivity contribution in [1.82, 2.24) is 10.3 Å². The Kier molecular flexibility index (Phi) is 3.52. The summed E-state index contributed by atoms with van der Waals surface area (Å²) in [6, 6.07) is 6.74. The van der Waals surface area contributed by atoms with E-state index in [9.17, 15) is 0 Å². The van der Waals surface area contributed by atoms with Crippen molar-refractivity contribution in [2.75, 3.05) is 13.1 Å². The van der Waals surface area contributed by atoms with E-state index < -0.39 is 0 Å². The van der Waals surface area contributed by atoms with Crippen molar-refractivity contribution in [3.63, 3.8) is 0 Å². The molecule has 19 heavy (non-hydrogen) atoms. The highest BCUT2D eigenvalue weighted by atomic mass is 14.9. The van der Waals surface area contributed by atoms with E-state index in [0.717, 1.165) is 11.4 Å². The molecule has 1 saturated heterocycles. The number of benzene rings is 1. The van der Waals surface area contributed by atoms with Gasteiger partial charge >= 0.3 is 0 Å². The molecule has 2 heteroatoms. The normalized spacial score (nSPS) is 16.9. The fourth-order valence-electron chi connectivity index (χ4n) is 3.03. The standard InChI is InChI=1S/C17H22N2/c1-12-3-4-16-10-15(11-19-17(16)13(12)2)9-14-5-7-18-8-6-14/h3-4,10-11,14,18H,5-9H2,1-2H3. The lowest BCUT2D eigenvalue weighted by molar-refractivity contribution is 0.372. The van der Waals surface area contributed by atoms with E-state index in [2.05, 4.69) is 43.6 Å². The first-order valence-electron chi connectivity index (χ1n) is 7.29. The van der Waals surface area contributed by atoms with E-state index in [1.54, 1.807) is 0 Å². The van der Waals surface area contributed by atoms with Crippen LogP contribution in [-0.4, -0.2) is 18.1 Å². The largest absolute Gasteiger partial charge is 0.317 e. The molecule has 0 radical (unpaired) electrons. The minimum absolute atomic E-state index is 0.826. The quantitative estimate of drug-likeness (QED) is 0.888. The fraction of sp³-hybridized carbons (Fsp3) is 0.471. The van der Waals surface area contributed by atoms with Crippen LogP contribution in [0.3, 0.4) is 0 Å².